The van der Waals surface area contributed by atoms with Crippen molar-refractivity contribution in [2.75, 3.05) is 30.3 Å². The zero-order valence-electron chi connectivity index (χ0n) is 8.08. The van der Waals surface area contributed by atoms with Gasteiger partial charge < -0.3 is 11.5 Å². The van der Waals surface area contributed by atoms with Gasteiger partial charge in [0.15, 0.2) is 0 Å². The quantitative estimate of drug-likeness (QED) is 0.632. The molecule has 0 aromatic heterocycles. The number of hydrogen-bond donors (Lipinski definition) is 2. The maximum Gasteiger partial charge on any atom is 0.00837 e. The van der Waals surface area contributed by atoms with Gasteiger partial charge >= 0.3 is 0 Å². The van der Waals surface area contributed by atoms with Crippen LogP contribution in [0.3, 0.4) is 0 Å². The van der Waals surface area contributed by atoms with Crippen LogP contribution in [0.25, 0.3) is 0 Å². The summed E-state index contributed by atoms with van der Waals surface area (Å²) >= 11 is 4.06. The second kappa shape index (κ2) is 6.98. The summed E-state index contributed by atoms with van der Waals surface area (Å²) in [4.78, 5) is 0. The molecule has 2 unspecified atom stereocenters. The van der Waals surface area contributed by atoms with Crippen molar-refractivity contribution in [3.8, 4) is 0 Å². The summed E-state index contributed by atoms with van der Waals surface area (Å²) in [6.07, 6.45) is 2.82. The topological polar surface area (TPSA) is 52.0 Å². The molecule has 0 heterocycles. The highest BCUT2D eigenvalue weighted by molar-refractivity contribution is 8.00. The standard InChI is InChI=1S/C9H20N2S2/c10-3-5-12-7-8-1-2-9(8)13-6-4-11/h8-9H,1-7,10-11H2. The average molecular weight is 220 g/mol. The van der Waals surface area contributed by atoms with Crippen molar-refractivity contribution in [1.29, 1.82) is 0 Å². The Hall–Kier alpha value is 0.620. The second-order valence-electron chi connectivity index (χ2n) is 3.40. The van der Waals surface area contributed by atoms with Crippen LogP contribution in [0.4, 0.5) is 0 Å². The maximum absolute atomic E-state index is 5.48. The molecule has 0 bridgehead atoms. The van der Waals surface area contributed by atoms with Gasteiger partial charge in [-0.1, -0.05) is 0 Å². The van der Waals surface area contributed by atoms with Crippen molar-refractivity contribution >= 4 is 23.5 Å². The highest BCUT2D eigenvalue weighted by Crippen LogP contribution is 2.39. The third-order valence-corrected chi connectivity index (χ3v) is 5.10. The zero-order valence-corrected chi connectivity index (χ0v) is 9.71. The minimum absolute atomic E-state index is 0.817. The lowest BCUT2D eigenvalue weighted by molar-refractivity contribution is 0.369. The van der Waals surface area contributed by atoms with Gasteiger partial charge in [0.1, 0.15) is 0 Å². The summed E-state index contributed by atoms with van der Waals surface area (Å²) in [6.45, 7) is 1.64. The largest absolute Gasteiger partial charge is 0.330 e. The van der Waals surface area contributed by atoms with Crippen LogP contribution in [0.5, 0.6) is 0 Å². The van der Waals surface area contributed by atoms with E-state index in [9.17, 15) is 0 Å². The lowest BCUT2D eigenvalue weighted by Crippen LogP contribution is -2.31. The van der Waals surface area contributed by atoms with Crippen LogP contribution in [-0.4, -0.2) is 35.6 Å². The molecule has 0 saturated heterocycles. The van der Waals surface area contributed by atoms with E-state index in [1.807, 2.05) is 11.8 Å². The van der Waals surface area contributed by atoms with Crippen molar-refractivity contribution in [3.63, 3.8) is 0 Å². The third-order valence-electron chi connectivity index (χ3n) is 2.39. The molecular weight excluding hydrogens is 200 g/mol. The van der Waals surface area contributed by atoms with Crippen molar-refractivity contribution in [2.45, 2.75) is 18.1 Å². The van der Waals surface area contributed by atoms with Crippen LogP contribution in [0.1, 0.15) is 12.8 Å². The van der Waals surface area contributed by atoms with Gasteiger partial charge in [0.05, 0.1) is 0 Å². The van der Waals surface area contributed by atoms with Gasteiger partial charge in [0, 0.05) is 29.8 Å². The van der Waals surface area contributed by atoms with Crippen molar-refractivity contribution in [3.05, 3.63) is 0 Å². The third kappa shape index (κ3) is 4.11. The average Bonchev–Trinajstić information content (AvgIpc) is 2.11. The van der Waals surface area contributed by atoms with E-state index in [-0.39, 0.29) is 0 Å². The monoisotopic (exact) mass is 220 g/mol. The lowest BCUT2D eigenvalue weighted by Gasteiger charge is -2.36. The van der Waals surface area contributed by atoms with Crippen LogP contribution >= 0.6 is 23.5 Å². The molecular formula is C9H20N2S2. The summed E-state index contributed by atoms with van der Waals surface area (Å²) in [5, 5.41) is 0.897. The minimum atomic E-state index is 0.817. The van der Waals surface area contributed by atoms with Crippen LogP contribution < -0.4 is 11.5 Å². The first-order valence-electron chi connectivity index (χ1n) is 4.98. The molecule has 1 saturated carbocycles. The highest BCUT2D eigenvalue weighted by Gasteiger charge is 2.30. The van der Waals surface area contributed by atoms with E-state index in [1.54, 1.807) is 0 Å². The van der Waals surface area contributed by atoms with E-state index in [4.69, 9.17) is 11.5 Å². The van der Waals surface area contributed by atoms with Crippen LogP contribution in [0.2, 0.25) is 0 Å². The Bertz CT molecular complexity index is 133. The van der Waals surface area contributed by atoms with Crippen LogP contribution in [0, 0.1) is 5.92 Å². The molecule has 1 rings (SSSR count). The zero-order chi connectivity index (χ0) is 9.52. The van der Waals surface area contributed by atoms with Gasteiger partial charge in [-0.2, -0.15) is 23.5 Å². The summed E-state index contributed by atoms with van der Waals surface area (Å²) in [7, 11) is 0. The van der Waals surface area contributed by atoms with E-state index >= 15 is 0 Å². The molecule has 1 fully saturated rings. The van der Waals surface area contributed by atoms with E-state index in [0.29, 0.717) is 0 Å². The van der Waals surface area contributed by atoms with Gasteiger partial charge in [0.25, 0.3) is 0 Å². The highest BCUT2D eigenvalue weighted by atomic mass is 32.2. The molecule has 4 heteroatoms. The lowest BCUT2D eigenvalue weighted by atomic mass is 9.86. The molecule has 1 aliphatic carbocycles. The smallest absolute Gasteiger partial charge is 0.00837 e. The van der Waals surface area contributed by atoms with E-state index < -0.39 is 0 Å². The normalized spacial score (nSPS) is 27.2. The Labute approximate surface area is 89.6 Å². The first-order chi connectivity index (χ1) is 6.38. The Balaban J connectivity index is 1.99. The van der Waals surface area contributed by atoms with E-state index in [2.05, 4.69) is 11.8 Å². The predicted molar refractivity (Wildman–Crippen MR) is 64.4 cm³/mol. The Kier molecular flexibility index (Phi) is 6.28. The molecule has 4 N–H and O–H groups in total. The first-order valence-corrected chi connectivity index (χ1v) is 7.18. The molecule has 0 amide bonds. The molecule has 0 spiro atoms. The second-order valence-corrected chi connectivity index (χ2v) is 5.90. The number of nitrogens with two attached hydrogens (primary N) is 2. The van der Waals surface area contributed by atoms with Gasteiger partial charge in [0.2, 0.25) is 0 Å². The molecule has 13 heavy (non-hydrogen) atoms. The SMILES string of the molecule is NCCSCC1CCC1SCCN. The summed E-state index contributed by atoms with van der Waals surface area (Å²) in [6, 6.07) is 0. The van der Waals surface area contributed by atoms with Crippen molar-refractivity contribution in [1.82, 2.24) is 0 Å². The Morgan fingerprint density at radius 2 is 1.85 bits per heavy atom. The number of thioether (sulfide) groups is 2. The van der Waals surface area contributed by atoms with Crippen LogP contribution in [-0.2, 0) is 0 Å². The maximum atomic E-state index is 5.48. The molecule has 0 aromatic rings. The molecule has 78 valence electrons. The first kappa shape index (κ1) is 11.7. The number of rotatable bonds is 7. The predicted octanol–water partition coefficient (Wildman–Crippen LogP) is 1.15. The minimum Gasteiger partial charge on any atom is -0.330 e. The van der Waals surface area contributed by atoms with Gasteiger partial charge in [-0.15, -0.1) is 0 Å². The van der Waals surface area contributed by atoms with Gasteiger partial charge in [-0.25, -0.2) is 0 Å². The molecule has 1 aliphatic rings. The summed E-state index contributed by atoms with van der Waals surface area (Å²) in [5.41, 5.74) is 10.9. The van der Waals surface area contributed by atoms with Gasteiger partial charge in [-0.3, -0.25) is 0 Å². The summed E-state index contributed by atoms with van der Waals surface area (Å²) < 4.78 is 0. The van der Waals surface area contributed by atoms with Crippen LogP contribution in [0.15, 0.2) is 0 Å². The molecule has 0 aliphatic heterocycles. The van der Waals surface area contributed by atoms with Crippen molar-refractivity contribution in [2.24, 2.45) is 17.4 Å². The summed E-state index contributed by atoms with van der Waals surface area (Å²) in [5.74, 6) is 4.49. The number of hydrogen-bond acceptors (Lipinski definition) is 4. The van der Waals surface area contributed by atoms with E-state index in [0.717, 1.165) is 35.8 Å². The Morgan fingerprint density at radius 3 is 2.38 bits per heavy atom. The Morgan fingerprint density at radius 1 is 1.08 bits per heavy atom. The molecule has 2 atom stereocenters. The fraction of sp³-hybridized carbons (Fsp3) is 1.00. The molecule has 0 aromatic carbocycles. The molecule has 2 nitrogen and oxygen atoms in total. The van der Waals surface area contributed by atoms with Crippen molar-refractivity contribution < 1.29 is 0 Å². The molecule has 0 radical (unpaired) electrons. The fourth-order valence-corrected chi connectivity index (χ4v) is 3.89. The van der Waals surface area contributed by atoms with E-state index in [1.165, 1.54) is 18.6 Å². The van der Waals surface area contributed by atoms with Gasteiger partial charge in [-0.05, 0) is 24.5 Å². The fourth-order valence-electron chi connectivity index (χ4n) is 1.49.